The number of hydrogen-bond acceptors (Lipinski definition) is 4. The first-order valence-electron chi connectivity index (χ1n) is 7.42. The summed E-state index contributed by atoms with van der Waals surface area (Å²) in [7, 11) is 2.14. The summed E-state index contributed by atoms with van der Waals surface area (Å²) < 4.78 is 0. The predicted octanol–water partition coefficient (Wildman–Crippen LogP) is -0.134. The van der Waals surface area contributed by atoms with Crippen LogP contribution in [-0.2, 0) is 4.79 Å². The van der Waals surface area contributed by atoms with Crippen molar-refractivity contribution < 1.29 is 4.79 Å². The lowest BCUT2D eigenvalue weighted by Crippen LogP contribution is -2.66. The van der Waals surface area contributed by atoms with E-state index in [-0.39, 0.29) is 11.9 Å². The number of nitrogens with two attached hydrogens (primary N) is 1. The van der Waals surface area contributed by atoms with Crippen molar-refractivity contribution in [3.63, 3.8) is 0 Å². The molecule has 2 fully saturated rings. The quantitative estimate of drug-likeness (QED) is 0.704. The summed E-state index contributed by atoms with van der Waals surface area (Å²) in [6.07, 6.45) is 2.24. The second-order valence-electron chi connectivity index (χ2n) is 6.49. The van der Waals surface area contributed by atoms with E-state index in [9.17, 15) is 4.79 Å². The molecule has 1 saturated heterocycles. The van der Waals surface area contributed by atoms with Gasteiger partial charge in [0.1, 0.15) is 5.54 Å². The van der Waals surface area contributed by atoms with E-state index in [0.29, 0.717) is 5.92 Å². The summed E-state index contributed by atoms with van der Waals surface area (Å²) in [5, 5.41) is 3.48. The highest BCUT2D eigenvalue weighted by molar-refractivity contribution is 5.86. The Hall–Kier alpha value is -0.650. The van der Waals surface area contributed by atoms with Crippen LogP contribution in [0.2, 0.25) is 0 Å². The van der Waals surface area contributed by atoms with Crippen molar-refractivity contribution in [3.05, 3.63) is 0 Å². The molecule has 3 N–H and O–H groups in total. The third-order valence-corrected chi connectivity index (χ3v) is 4.33. The maximum absolute atomic E-state index is 12.1. The van der Waals surface area contributed by atoms with Gasteiger partial charge in [-0.1, -0.05) is 0 Å². The van der Waals surface area contributed by atoms with Gasteiger partial charge in [0, 0.05) is 38.8 Å². The van der Waals surface area contributed by atoms with Gasteiger partial charge in [0.05, 0.1) is 0 Å². The average molecular weight is 268 g/mol. The van der Waals surface area contributed by atoms with Crippen molar-refractivity contribution in [2.24, 2.45) is 11.7 Å². The molecule has 5 heteroatoms. The van der Waals surface area contributed by atoms with Crippen LogP contribution in [0.3, 0.4) is 0 Å². The number of hydrogen-bond donors (Lipinski definition) is 2. The molecule has 0 spiro atoms. The molecule has 5 nitrogen and oxygen atoms in total. The van der Waals surface area contributed by atoms with Crippen LogP contribution in [0.1, 0.15) is 26.7 Å². The zero-order valence-corrected chi connectivity index (χ0v) is 12.5. The summed E-state index contributed by atoms with van der Waals surface area (Å²) >= 11 is 0. The van der Waals surface area contributed by atoms with Crippen molar-refractivity contribution >= 4 is 5.91 Å². The normalized spacial score (nSPS) is 25.5. The standard InChI is InChI=1S/C14H28N4O/c1-11(2)16-14(13(15)19,12-4-5-12)10-18-8-6-17(3)7-9-18/h11-12,16H,4-10H2,1-3H3,(H2,15,19). The molecule has 110 valence electrons. The van der Waals surface area contributed by atoms with Crippen LogP contribution in [-0.4, -0.2) is 67.1 Å². The number of nitrogens with zero attached hydrogens (tertiary/aromatic N) is 2. The Labute approximate surface area is 116 Å². The number of primary amides is 1. The predicted molar refractivity (Wildman–Crippen MR) is 76.9 cm³/mol. The third kappa shape index (κ3) is 3.46. The van der Waals surface area contributed by atoms with E-state index >= 15 is 0 Å². The van der Waals surface area contributed by atoms with Gasteiger partial charge in [-0.3, -0.25) is 15.0 Å². The van der Waals surface area contributed by atoms with Crippen molar-refractivity contribution in [2.45, 2.75) is 38.3 Å². The van der Waals surface area contributed by atoms with Crippen LogP contribution >= 0.6 is 0 Å². The molecule has 1 amide bonds. The minimum atomic E-state index is -0.524. The van der Waals surface area contributed by atoms with E-state index in [4.69, 9.17) is 5.73 Å². The highest BCUT2D eigenvalue weighted by Crippen LogP contribution is 2.40. The second-order valence-corrected chi connectivity index (χ2v) is 6.49. The van der Waals surface area contributed by atoms with Gasteiger partial charge in [0.25, 0.3) is 0 Å². The Bertz CT molecular complexity index is 321. The van der Waals surface area contributed by atoms with Crippen LogP contribution in [0.5, 0.6) is 0 Å². The Morgan fingerprint density at radius 2 is 1.89 bits per heavy atom. The highest BCUT2D eigenvalue weighted by Gasteiger charge is 2.50. The lowest BCUT2D eigenvalue weighted by Gasteiger charge is -2.41. The minimum Gasteiger partial charge on any atom is -0.368 e. The van der Waals surface area contributed by atoms with Gasteiger partial charge in [-0.2, -0.15) is 0 Å². The molecule has 0 aromatic carbocycles. The molecule has 2 rings (SSSR count). The molecule has 1 atom stereocenters. The average Bonchev–Trinajstić information content (AvgIpc) is 3.14. The van der Waals surface area contributed by atoms with Crippen LogP contribution in [0.4, 0.5) is 0 Å². The number of rotatable bonds is 6. The fraction of sp³-hybridized carbons (Fsp3) is 0.929. The molecule has 19 heavy (non-hydrogen) atoms. The Kier molecular flexibility index (Phi) is 4.48. The number of nitrogens with one attached hydrogen (secondary N) is 1. The van der Waals surface area contributed by atoms with Crippen LogP contribution in [0.25, 0.3) is 0 Å². The van der Waals surface area contributed by atoms with Gasteiger partial charge in [-0.15, -0.1) is 0 Å². The fourth-order valence-electron chi connectivity index (χ4n) is 3.09. The molecular formula is C14H28N4O. The molecule has 0 radical (unpaired) electrons. The lowest BCUT2D eigenvalue weighted by molar-refractivity contribution is -0.126. The summed E-state index contributed by atoms with van der Waals surface area (Å²) in [5.74, 6) is 0.245. The zero-order valence-electron chi connectivity index (χ0n) is 12.5. The summed E-state index contributed by atoms with van der Waals surface area (Å²) in [6, 6.07) is 0.278. The van der Waals surface area contributed by atoms with Crippen molar-refractivity contribution in [1.29, 1.82) is 0 Å². The van der Waals surface area contributed by atoms with Gasteiger partial charge in [-0.25, -0.2) is 0 Å². The summed E-state index contributed by atoms with van der Waals surface area (Å²) in [4.78, 5) is 16.8. The number of carbonyl (C=O) groups excluding carboxylic acids is 1. The largest absolute Gasteiger partial charge is 0.368 e. The fourth-order valence-corrected chi connectivity index (χ4v) is 3.09. The molecule has 1 aliphatic carbocycles. The van der Waals surface area contributed by atoms with Crippen molar-refractivity contribution in [3.8, 4) is 0 Å². The van der Waals surface area contributed by atoms with Crippen molar-refractivity contribution in [2.75, 3.05) is 39.8 Å². The Morgan fingerprint density at radius 3 is 2.32 bits per heavy atom. The van der Waals surface area contributed by atoms with E-state index in [2.05, 4.69) is 36.0 Å². The van der Waals surface area contributed by atoms with Crippen LogP contribution < -0.4 is 11.1 Å². The van der Waals surface area contributed by atoms with E-state index in [1.54, 1.807) is 0 Å². The van der Waals surface area contributed by atoms with Crippen LogP contribution in [0, 0.1) is 5.92 Å². The monoisotopic (exact) mass is 268 g/mol. The molecule has 0 bridgehead atoms. The molecule has 2 aliphatic rings. The minimum absolute atomic E-state index is 0.178. The Morgan fingerprint density at radius 1 is 1.32 bits per heavy atom. The van der Waals surface area contributed by atoms with Gasteiger partial charge >= 0.3 is 0 Å². The Balaban J connectivity index is 2.06. The zero-order chi connectivity index (χ0) is 14.0. The molecule has 1 unspecified atom stereocenters. The number of likely N-dealkylation sites (N-methyl/N-ethyl adjacent to an activating group) is 1. The number of piperazine rings is 1. The third-order valence-electron chi connectivity index (χ3n) is 4.33. The molecule has 1 saturated carbocycles. The topological polar surface area (TPSA) is 61.6 Å². The van der Waals surface area contributed by atoms with Gasteiger partial charge in [0.15, 0.2) is 0 Å². The maximum Gasteiger partial charge on any atom is 0.239 e. The molecule has 0 aromatic rings. The SMILES string of the molecule is CC(C)NC(CN1CCN(C)CC1)(C(N)=O)C1CC1. The van der Waals surface area contributed by atoms with Crippen molar-refractivity contribution in [1.82, 2.24) is 15.1 Å². The first-order chi connectivity index (χ1) is 8.94. The summed E-state index contributed by atoms with van der Waals surface area (Å²) in [6.45, 7) is 9.13. The van der Waals surface area contributed by atoms with Crippen LogP contribution in [0.15, 0.2) is 0 Å². The van der Waals surface area contributed by atoms with Gasteiger partial charge in [0.2, 0.25) is 5.91 Å². The number of amides is 1. The maximum atomic E-state index is 12.1. The lowest BCUT2D eigenvalue weighted by atomic mass is 9.90. The molecular weight excluding hydrogens is 240 g/mol. The van der Waals surface area contributed by atoms with Gasteiger partial charge in [-0.05, 0) is 39.7 Å². The number of carbonyl (C=O) groups is 1. The molecule has 1 heterocycles. The molecule has 0 aromatic heterocycles. The highest BCUT2D eigenvalue weighted by atomic mass is 16.1. The first-order valence-corrected chi connectivity index (χ1v) is 7.42. The van der Waals surface area contributed by atoms with E-state index in [1.165, 1.54) is 0 Å². The van der Waals surface area contributed by atoms with E-state index in [0.717, 1.165) is 45.6 Å². The second kappa shape index (κ2) is 5.77. The first kappa shape index (κ1) is 14.8. The summed E-state index contributed by atoms with van der Waals surface area (Å²) in [5.41, 5.74) is 5.24. The molecule has 1 aliphatic heterocycles. The van der Waals surface area contributed by atoms with E-state index in [1.807, 2.05) is 0 Å². The van der Waals surface area contributed by atoms with Gasteiger partial charge < -0.3 is 10.6 Å². The smallest absolute Gasteiger partial charge is 0.239 e. The van der Waals surface area contributed by atoms with E-state index < -0.39 is 5.54 Å².